The maximum Gasteiger partial charge on any atom is 0.349 e. The minimum absolute atomic E-state index is 0.0447. The van der Waals surface area contributed by atoms with Crippen LogP contribution >= 0.6 is 22.7 Å². The zero-order valence-electron chi connectivity index (χ0n) is 23.6. The van der Waals surface area contributed by atoms with Gasteiger partial charge in [-0.2, -0.15) is 0 Å². The molecule has 228 valence electrons. The zero-order valence-corrected chi connectivity index (χ0v) is 25.2. The van der Waals surface area contributed by atoms with Crippen molar-refractivity contribution < 1.29 is 28.7 Å². The van der Waals surface area contributed by atoms with E-state index in [0.29, 0.717) is 10.8 Å². The molecule has 0 unspecified atom stereocenters. The number of ether oxygens (including phenoxy) is 2. The number of rotatable bonds is 9. The standard InChI is InChI=1S/C30H25N7O6S2/c1-42-28(41)22-15-33-29(45-22)37(32)27(40)24-23(43-24)26(39)35(16-17-7-3-2-4-8-17)19-13-11-18(12-14-19)25(38)36(31)30-34-20-9-5-6-10-21(20)44-30/h2-15,23-24H,16,31-32H2,1H3/t23-,24-/m0/s1. The molecule has 1 fully saturated rings. The molecule has 1 saturated heterocycles. The van der Waals surface area contributed by atoms with Gasteiger partial charge in [0, 0.05) is 11.3 Å². The predicted octanol–water partition coefficient (Wildman–Crippen LogP) is 3.27. The van der Waals surface area contributed by atoms with Gasteiger partial charge in [-0.15, -0.1) is 0 Å². The lowest BCUT2D eigenvalue weighted by Crippen LogP contribution is -2.43. The van der Waals surface area contributed by atoms with E-state index < -0.39 is 35.9 Å². The van der Waals surface area contributed by atoms with Crippen molar-refractivity contribution in [3.05, 3.63) is 101 Å². The number of epoxide rings is 1. The molecule has 13 nitrogen and oxygen atoms in total. The second-order valence-electron chi connectivity index (χ2n) is 9.78. The average molecular weight is 644 g/mol. The number of carbonyl (C=O) groups is 4. The van der Waals surface area contributed by atoms with Crippen molar-refractivity contribution in [2.45, 2.75) is 18.8 Å². The molecule has 45 heavy (non-hydrogen) atoms. The van der Waals surface area contributed by atoms with Crippen LogP contribution in [-0.4, -0.2) is 53.0 Å². The number of benzene rings is 3. The molecule has 15 heteroatoms. The smallest absolute Gasteiger partial charge is 0.349 e. The number of esters is 1. The summed E-state index contributed by atoms with van der Waals surface area (Å²) in [7, 11) is 1.23. The number of hydrogen-bond acceptors (Lipinski definition) is 12. The van der Waals surface area contributed by atoms with Gasteiger partial charge in [-0.3, -0.25) is 14.4 Å². The third kappa shape index (κ3) is 6.15. The van der Waals surface area contributed by atoms with Crippen LogP contribution in [0.4, 0.5) is 16.0 Å². The van der Waals surface area contributed by atoms with E-state index in [1.807, 2.05) is 54.6 Å². The Morgan fingerprint density at radius 1 is 0.844 bits per heavy atom. The zero-order chi connectivity index (χ0) is 31.7. The van der Waals surface area contributed by atoms with Crippen LogP contribution in [0.3, 0.4) is 0 Å². The van der Waals surface area contributed by atoms with Crippen LogP contribution in [-0.2, 0) is 25.6 Å². The van der Waals surface area contributed by atoms with Gasteiger partial charge in [0.05, 0.1) is 30.1 Å². The molecule has 4 N–H and O–H groups in total. The Morgan fingerprint density at radius 2 is 1.53 bits per heavy atom. The highest BCUT2D eigenvalue weighted by Gasteiger charge is 2.53. The van der Waals surface area contributed by atoms with Crippen molar-refractivity contribution in [3.63, 3.8) is 0 Å². The summed E-state index contributed by atoms with van der Waals surface area (Å²) >= 11 is 2.16. The Labute approximate surface area is 264 Å². The Bertz CT molecular complexity index is 1860. The number of aromatic nitrogens is 2. The van der Waals surface area contributed by atoms with Gasteiger partial charge < -0.3 is 14.4 Å². The van der Waals surface area contributed by atoms with Crippen molar-refractivity contribution >= 4 is 72.5 Å². The van der Waals surface area contributed by atoms with Crippen molar-refractivity contribution in [2.75, 3.05) is 22.0 Å². The number of anilines is 3. The topological polar surface area (TPSA) is 178 Å². The first-order valence-corrected chi connectivity index (χ1v) is 15.1. The van der Waals surface area contributed by atoms with Gasteiger partial charge in [0.15, 0.2) is 12.2 Å². The quantitative estimate of drug-likeness (QED) is 0.0797. The molecule has 5 aromatic rings. The number of hydrogen-bond donors (Lipinski definition) is 2. The summed E-state index contributed by atoms with van der Waals surface area (Å²) in [5, 5.41) is 2.14. The van der Waals surface area contributed by atoms with Crippen LogP contribution in [0, 0.1) is 0 Å². The van der Waals surface area contributed by atoms with Gasteiger partial charge in [-0.05, 0) is 42.0 Å². The van der Waals surface area contributed by atoms with E-state index in [9.17, 15) is 19.2 Å². The van der Waals surface area contributed by atoms with Crippen LogP contribution in [0.2, 0.25) is 0 Å². The van der Waals surface area contributed by atoms with Crippen molar-refractivity contribution in [1.82, 2.24) is 9.97 Å². The number of thiazole rings is 2. The molecule has 0 spiro atoms. The predicted molar refractivity (Wildman–Crippen MR) is 168 cm³/mol. The van der Waals surface area contributed by atoms with E-state index in [2.05, 4.69) is 14.7 Å². The fraction of sp³-hybridized carbons (Fsp3) is 0.133. The summed E-state index contributed by atoms with van der Waals surface area (Å²) in [6.07, 6.45) is -1.01. The third-order valence-corrected chi connectivity index (χ3v) is 8.90. The van der Waals surface area contributed by atoms with Gasteiger partial charge in [0.2, 0.25) is 10.3 Å². The Kier molecular flexibility index (Phi) is 8.34. The molecular weight excluding hydrogens is 619 g/mol. The van der Waals surface area contributed by atoms with E-state index >= 15 is 0 Å². The Hall–Kier alpha value is -5.06. The summed E-state index contributed by atoms with van der Waals surface area (Å²) < 4.78 is 11.1. The van der Waals surface area contributed by atoms with Crippen molar-refractivity contribution in [3.8, 4) is 0 Å². The number of amides is 3. The van der Waals surface area contributed by atoms with Gasteiger partial charge in [0.1, 0.15) is 4.88 Å². The summed E-state index contributed by atoms with van der Waals surface area (Å²) in [6.45, 7) is 0.170. The minimum Gasteiger partial charge on any atom is -0.465 e. The maximum atomic E-state index is 13.7. The van der Waals surface area contributed by atoms with E-state index in [4.69, 9.17) is 16.4 Å². The Morgan fingerprint density at radius 3 is 2.24 bits per heavy atom. The summed E-state index contributed by atoms with van der Waals surface area (Å²) in [6, 6.07) is 23.1. The van der Waals surface area contributed by atoms with Crippen molar-refractivity contribution in [2.24, 2.45) is 11.7 Å². The third-order valence-electron chi connectivity index (χ3n) is 6.88. The first kappa shape index (κ1) is 30.0. The van der Waals surface area contributed by atoms with Crippen LogP contribution in [0.25, 0.3) is 10.2 Å². The number of hydrazine groups is 2. The number of carbonyl (C=O) groups excluding carboxylic acids is 4. The second-order valence-corrected chi connectivity index (χ2v) is 11.8. The molecular formula is C30H25N7O6S2. The Balaban J connectivity index is 1.19. The van der Waals surface area contributed by atoms with E-state index in [1.54, 1.807) is 24.3 Å². The molecule has 3 heterocycles. The largest absolute Gasteiger partial charge is 0.465 e. The molecule has 3 aromatic carbocycles. The van der Waals surface area contributed by atoms with Gasteiger partial charge in [-0.25, -0.2) is 36.5 Å². The van der Waals surface area contributed by atoms with Crippen LogP contribution < -0.4 is 26.6 Å². The van der Waals surface area contributed by atoms with E-state index in [0.717, 1.165) is 37.1 Å². The molecule has 0 radical (unpaired) electrons. The SMILES string of the molecule is COC(=O)c1cnc(N(N)C(=O)[C@H]2O[C@@H]2C(=O)N(Cc2ccccc2)c2ccc(C(=O)N(N)c3nc4ccccc4s3)cc2)s1. The first-order chi connectivity index (χ1) is 21.7. The van der Waals surface area contributed by atoms with E-state index in [1.165, 1.54) is 29.5 Å². The molecule has 0 bridgehead atoms. The molecule has 2 aromatic heterocycles. The second kappa shape index (κ2) is 12.5. The molecule has 0 aliphatic carbocycles. The molecule has 1 aliphatic rings. The lowest BCUT2D eigenvalue weighted by Gasteiger charge is -2.23. The van der Waals surface area contributed by atoms with Crippen LogP contribution in [0.15, 0.2) is 85.1 Å². The van der Waals surface area contributed by atoms with Crippen molar-refractivity contribution in [1.29, 1.82) is 0 Å². The van der Waals surface area contributed by atoms with Gasteiger partial charge in [-0.1, -0.05) is 65.1 Å². The van der Waals surface area contributed by atoms with Gasteiger partial charge >= 0.3 is 5.97 Å². The van der Waals surface area contributed by atoms with Crippen LogP contribution in [0.5, 0.6) is 0 Å². The molecule has 6 rings (SSSR count). The lowest BCUT2D eigenvalue weighted by atomic mass is 10.1. The molecule has 1 aliphatic heterocycles. The number of methoxy groups -OCH3 is 1. The van der Waals surface area contributed by atoms with Gasteiger partial charge in [0.25, 0.3) is 17.7 Å². The number of fused-ring (bicyclic) bond motifs is 1. The number of nitrogens with zero attached hydrogens (tertiary/aromatic N) is 5. The highest BCUT2D eigenvalue weighted by molar-refractivity contribution is 7.22. The first-order valence-electron chi connectivity index (χ1n) is 13.4. The minimum atomic E-state index is -1.15. The summed E-state index contributed by atoms with van der Waals surface area (Å²) in [5.41, 5.74) is 2.33. The van der Waals surface area contributed by atoms with E-state index in [-0.39, 0.29) is 22.1 Å². The molecule has 2 atom stereocenters. The molecule has 0 saturated carbocycles. The summed E-state index contributed by atoms with van der Waals surface area (Å²) in [4.78, 5) is 61.8. The molecule has 3 amide bonds. The highest BCUT2D eigenvalue weighted by atomic mass is 32.1. The normalized spacial score (nSPS) is 15.4. The monoisotopic (exact) mass is 643 g/mol. The maximum absolute atomic E-state index is 13.7. The fourth-order valence-corrected chi connectivity index (χ4v) is 6.13. The number of nitrogens with two attached hydrogens (primary N) is 2. The number of para-hydroxylation sites is 1. The average Bonchev–Trinajstić information content (AvgIpc) is 3.50. The van der Waals surface area contributed by atoms with Crippen LogP contribution in [0.1, 0.15) is 25.6 Å². The summed E-state index contributed by atoms with van der Waals surface area (Å²) in [5.74, 6) is 9.84. The highest BCUT2D eigenvalue weighted by Crippen LogP contribution is 2.32. The fourth-order valence-electron chi connectivity index (χ4n) is 4.48. The lowest BCUT2D eigenvalue weighted by molar-refractivity contribution is -0.121.